The Morgan fingerprint density at radius 2 is 2.19 bits per heavy atom. The lowest BCUT2D eigenvalue weighted by atomic mass is 10.2. The second kappa shape index (κ2) is 6.63. The lowest BCUT2D eigenvalue weighted by Gasteiger charge is -2.27. The van der Waals surface area contributed by atoms with E-state index in [0.717, 1.165) is 19.0 Å². The summed E-state index contributed by atoms with van der Waals surface area (Å²) in [6.45, 7) is 6.80. The van der Waals surface area contributed by atoms with Gasteiger partial charge in [-0.15, -0.1) is 11.3 Å². The third kappa shape index (κ3) is 3.41. The second-order valence-electron chi connectivity index (χ2n) is 6.41. The Balaban J connectivity index is 1.69. The molecule has 1 aromatic rings. The monoisotopic (exact) mass is 308 g/mol. The minimum atomic E-state index is 0.709. The zero-order valence-electron chi connectivity index (χ0n) is 13.6. The van der Waals surface area contributed by atoms with E-state index >= 15 is 0 Å². The lowest BCUT2D eigenvalue weighted by molar-refractivity contribution is 0.270. The van der Waals surface area contributed by atoms with E-state index in [2.05, 4.69) is 29.1 Å². The molecule has 1 aliphatic carbocycles. The molecule has 1 saturated heterocycles. The van der Waals surface area contributed by atoms with Crippen LogP contribution in [0.5, 0.6) is 0 Å². The number of nitrogens with one attached hydrogen (secondary N) is 1. The van der Waals surface area contributed by atoms with Gasteiger partial charge in [0, 0.05) is 37.0 Å². The third-order valence-electron chi connectivity index (χ3n) is 4.73. The number of likely N-dealkylation sites (tertiary alicyclic amines) is 1. The smallest absolute Gasteiger partial charge is 0.185 e. The summed E-state index contributed by atoms with van der Waals surface area (Å²) in [5.41, 5.74) is 1.37. The van der Waals surface area contributed by atoms with Crippen LogP contribution in [0.15, 0.2) is 0 Å². The van der Waals surface area contributed by atoms with Gasteiger partial charge in [0.05, 0.1) is 5.69 Å². The van der Waals surface area contributed by atoms with Crippen molar-refractivity contribution in [3.05, 3.63) is 10.6 Å². The predicted molar refractivity (Wildman–Crippen MR) is 90.4 cm³/mol. The van der Waals surface area contributed by atoms with Gasteiger partial charge in [0.2, 0.25) is 0 Å². The van der Waals surface area contributed by atoms with Crippen LogP contribution in [-0.2, 0) is 6.54 Å². The number of aromatic nitrogens is 1. The highest BCUT2D eigenvalue weighted by Crippen LogP contribution is 2.44. The molecule has 4 nitrogen and oxygen atoms in total. The van der Waals surface area contributed by atoms with Crippen LogP contribution in [0.2, 0.25) is 0 Å². The van der Waals surface area contributed by atoms with E-state index in [0.29, 0.717) is 6.04 Å². The van der Waals surface area contributed by atoms with Crippen molar-refractivity contribution >= 4 is 16.5 Å². The predicted octanol–water partition coefficient (Wildman–Crippen LogP) is 2.66. The SMILES string of the molecule is CCN1CCCC1CN(C)c1nc(C2CC2)c(CNC)s1. The second-order valence-corrected chi connectivity index (χ2v) is 7.48. The van der Waals surface area contributed by atoms with E-state index in [1.54, 1.807) is 0 Å². The summed E-state index contributed by atoms with van der Waals surface area (Å²) in [6, 6.07) is 0.709. The quantitative estimate of drug-likeness (QED) is 0.839. The molecule has 1 N–H and O–H groups in total. The van der Waals surface area contributed by atoms with Crippen LogP contribution in [0.3, 0.4) is 0 Å². The average Bonchev–Trinajstić information content (AvgIpc) is 3.08. The van der Waals surface area contributed by atoms with Crippen molar-refractivity contribution < 1.29 is 0 Å². The molecule has 1 aromatic heterocycles. The van der Waals surface area contributed by atoms with Crippen molar-refractivity contribution in [2.45, 2.75) is 51.1 Å². The molecule has 1 atom stereocenters. The summed E-state index contributed by atoms with van der Waals surface area (Å²) in [5, 5.41) is 4.51. The van der Waals surface area contributed by atoms with Crippen molar-refractivity contribution in [2.75, 3.05) is 38.6 Å². The standard InChI is InChI=1S/C16H28N4S/c1-4-20-9-5-6-13(20)11-19(3)16-18-15(12-7-8-12)14(21-16)10-17-2/h12-13,17H,4-11H2,1-3H3. The molecule has 0 amide bonds. The van der Waals surface area contributed by atoms with Gasteiger partial charge >= 0.3 is 0 Å². The van der Waals surface area contributed by atoms with Crippen molar-refractivity contribution in [3.8, 4) is 0 Å². The Kier molecular flexibility index (Phi) is 4.82. The number of anilines is 1. The van der Waals surface area contributed by atoms with E-state index in [1.807, 2.05) is 18.4 Å². The van der Waals surface area contributed by atoms with Crippen LogP contribution in [-0.4, -0.2) is 49.7 Å². The average molecular weight is 308 g/mol. The van der Waals surface area contributed by atoms with Gasteiger partial charge in [-0.05, 0) is 45.8 Å². The molecular formula is C16H28N4S. The summed E-state index contributed by atoms with van der Waals surface area (Å²) >= 11 is 1.89. The number of rotatable bonds is 7. The Hall–Kier alpha value is -0.650. The Morgan fingerprint density at radius 1 is 1.38 bits per heavy atom. The van der Waals surface area contributed by atoms with Crippen molar-refractivity contribution in [1.82, 2.24) is 15.2 Å². The number of hydrogen-bond donors (Lipinski definition) is 1. The van der Waals surface area contributed by atoms with E-state index < -0.39 is 0 Å². The molecule has 1 unspecified atom stereocenters. The highest BCUT2D eigenvalue weighted by atomic mass is 32.1. The van der Waals surface area contributed by atoms with Gasteiger partial charge in [-0.25, -0.2) is 4.98 Å². The number of nitrogens with zero attached hydrogens (tertiary/aromatic N) is 3. The maximum absolute atomic E-state index is 4.97. The molecule has 118 valence electrons. The van der Waals surface area contributed by atoms with Crippen LogP contribution >= 0.6 is 11.3 Å². The van der Waals surface area contributed by atoms with E-state index in [-0.39, 0.29) is 0 Å². The van der Waals surface area contributed by atoms with E-state index in [4.69, 9.17) is 4.98 Å². The molecule has 1 aliphatic heterocycles. The molecule has 2 heterocycles. The topological polar surface area (TPSA) is 31.4 Å². The van der Waals surface area contributed by atoms with Crippen LogP contribution in [0, 0.1) is 0 Å². The first kappa shape index (κ1) is 15.3. The Morgan fingerprint density at radius 3 is 2.86 bits per heavy atom. The summed E-state index contributed by atoms with van der Waals surface area (Å²) in [4.78, 5) is 11.4. The van der Waals surface area contributed by atoms with Gasteiger partial charge in [-0.2, -0.15) is 0 Å². The maximum atomic E-state index is 4.97. The van der Waals surface area contributed by atoms with Gasteiger partial charge < -0.3 is 10.2 Å². The third-order valence-corrected chi connectivity index (χ3v) is 5.92. The molecule has 1 saturated carbocycles. The number of thiazole rings is 1. The lowest BCUT2D eigenvalue weighted by Crippen LogP contribution is -2.38. The molecule has 5 heteroatoms. The first-order valence-corrected chi connectivity index (χ1v) is 9.14. The minimum absolute atomic E-state index is 0.709. The van der Waals surface area contributed by atoms with Crippen molar-refractivity contribution in [1.29, 1.82) is 0 Å². The largest absolute Gasteiger partial charge is 0.350 e. The van der Waals surface area contributed by atoms with Gasteiger partial charge in [0.1, 0.15) is 0 Å². The molecule has 0 aromatic carbocycles. The number of hydrogen-bond acceptors (Lipinski definition) is 5. The first-order chi connectivity index (χ1) is 10.2. The molecule has 2 aliphatic rings. The molecule has 2 fully saturated rings. The molecule has 0 spiro atoms. The van der Waals surface area contributed by atoms with Crippen LogP contribution in [0.4, 0.5) is 5.13 Å². The van der Waals surface area contributed by atoms with Gasteiger partial charge in [-0.1, -0.05) is 6.92 Å². The van der Waals surface area contributed by atoms with Crippen LogP contribution < -0.4 is 10.2 Å². The van der Waals surface area contributed by atoms with Crippen molar-refractivity contribution in [3.63, 3.8) is 0 Å². The molecule has 3 rings (SSSR count). The summed E-state index contributed by atoms with van der Waals surface area (Å²) in [5.74, 6) is 0.741. The van der Waals surface area contributed by atoms with Crippen LogP contribution in [0.25, 0.3) is 0 Å². The van der Waals surface area contributed by atoms with Gasteiger partial charge in [0.25, 0.3) is 0 Å². The molecule has 0 radical (unpaired) electrons. The molecule has 21 heavy (non-hydrogen) atoms. The normalized spacial score (nSPS) is 22.9. The molecule has 0 bridgehead atoms. The Bertz CT molecular complexity index is 469. The maximum Gasteiger partial charge on any atom is 0.185 e. The summed E-state index contributed by atoms with van der Waals surface area (Å²) < 4.78 is 0. The first-order valence-electron chi connectivity index (χ1n) is 8.32. The Labute approximate surface area is 132 Å². The highest BCUT2D eigenvalue weighted by molar-refractivity contribution is 7.15. The van der Waals surface area contributed by atoms with Gasteiger partial charge in [0.15, 0.2) is 5.13 Å². The zero-order valence-corrected chi connectivity index (χ0v) is 14.4. The van der Waals surface area contributed by atoms with Gasteiger partial charge in [-0.3, -0.25) is 4.90 Å². The highest BCUT2D eigenvalue weighted by Gasteiger charge is 2.31. The van der Waals surface area contributed by atoms with Crippen LogP contribution in [0.1, 0.15) is 49.1 Å². The summed E-state index contributed by atoms with van der Waals surface area (Å²) in [6.07, 6.45) is 5.34. The zero-order chi connectivity index (χ0) is 14.8. The summed E-state index contributed by atoms with van der Waals surface area (Å²) in [7, 11) is 4.24. The van der Waals surface area contributed by atoms with Crippen molar-refractivity contribution in [2.24, 2.45) is 0 Å². The van der Waals surface area contributed by atoms with E-state index in [1.165, 1.54) is 54.5 Å². The fourth-order valence-corrected chi connectivity index (χ4v) is 4.52. The molecular weight excluding hydrogens is 280 g/mol. The minimum Gasteiger partial charge on any atom is -0.350 e. The fraction of sp³-hybridized carbons (Fsp3) is 0.812. The van der Waals surface area contributed by atoms with E-state index in [9.17, 15) is 0 Å². The number of likely N-dealkylation sites (N-methyl/N-ethyl adjacent to an activating group) is 2. The fourth-order valence-electron chi connectivity index (χ4n) is 3.39.